The van der Waals surface area contributed by atoms with E-state index in [-0.39, 0.29) is 5.04 Å². The third-order valence-electron chi connectivity index (χ3n) is 2.00. The number of nitrogens with zero attached hydrogens (tertiary/aromatic N) is 1. The minimum Gasteiger partial charge on any atom is -0.465 e. The maximum absolute atomic E-state index is 8.97. The van der Waals surface area contributed by atoms with Crippen LogP contribution in [0.15, 0.2) is 28.4 Å². The zero-order valence-electron chi connectivity index (χ0n) is 7.61. The molecule has 0 bridgehead atoms. The number of hydrogen-bond acceptors (Lipinski definition) is 5. The zero-order chi connectivity index (χ0) is 10.8. The molecule has 74 valence electrons. The largest absolute Gasteiger partial charge is 0.465 e. The van der Waals surface area contributed by atoms with Gasteiger partial charge in [0, 0.05) is 12.0 Å². The Morgan fingerprint density at radius 3 is 3.00 bits per heavy atom. The Balaban J connectivity index is 2.55. The quantitative estimate of drug-likeness (QED) is 0.759. The fraction of sp³-hybridized carbons (Fsp3) is 0.100. The van der Waals surface area contributed by atoms with Crippen LogP contribution in [0.25, 0.3) is 5.57 Å². The van der Waals surface area contributed by atoms with E-state index in [0.29, 0.717) is 22.0 Å². The average Bonchev–Trinajstić information content (AvgIpc) is 2.69. The summed E-state index contributed by atoms with van der Waals surface area (Å²) >= 11 is 6.24. The lowest BCUT2D eigenvalue weighted by Gasteiger charge is -2.15. The topological polar surface area (TPSA) is 60.8 Å². The summed E-state index contributed by atoms with van der Waals surface area (Å²) in [5.41, 5.74) is 1.08. The van der Waals surface area contributed by atoms with Crippen molar-refractivity contribution < 1.29 is 4.42 Å². The van der Waals surface area contributed by atoms with E-state index in [1.165, 1.54) is 11.8 Å². The van der Waals surface area contributed by atoms with Gasteiger partial charge in [-0.25, -0.2) is 0 Å². The Kier molecular flexibility index (Phi) is 2.71. The molecule has 0 unspecified atom stereocenters. The van der Waals surface area contributed by atoms with Crippen molar-refractivity contribution in [2.24, 2.45) is 0 Å². The molecule has 0 spiro atoms. The molecule has 0 saturated heterocycles. The van der Waals surface area contributed by atoms with E-state index in [0.717, 1.165) is 5.57 Å². The van der Waals surface area contributed by atoms with Crippen LogP contribution in [0.1, 0.15) is 12.2 Å². The molecule has 5 heteroatoms. The van der Waals surface area contributed by atoms with Gasteiger partial charge in [0.1, 0.15) is 16.9 Å². The number of furan rings is 1. The number of rotatable bonds is 1. The number of thioether (sulfide) groups is 1. The first-order valence-corrected chi connectivity index (χ1v) is 5.41. The van der Waals surface area contributed by atoms with Crippen molar-refractivity contribution in [3.63, 3.8) is 0 Å². The lowest BCUT2D eigenvalue weighted by atomic mass is 10.0. The van der Waals surface area contributed by atoms with Crippen LogP contribution in [-0.4, -0.2) is 9.24 Å². The van der Waals surface area contributed by atoms with Gasteiger partial charge in [-0.2, -0.15) is 5.26 Å². The van der Waals surface area contributed by atoms with Crippen LogP contribution in [0.2, 0.25) is 0 Å². The van der Waals surface area contributed by atoms with Crippen molar-refractivity contribution in [3.8, 4) is 6.07 Å². The molecule has 15 heavy (non-hydrogen) atoms. The summed E-state index contributed by atoms with van der Waals surface area (Å²) in [4.78, 5) is 0. The molecule has 0 aromatic carbocycles. The fourth-order valence-electron chi connectivity index (χ4n) is 1.35. The Morgan fingerprint density at radius 1 is 1.60 bits per heavy atom. The lowest BCUT2D eigenvalue weighted by Crippen LogP contribution is -2.09. The smallest absolute Gasteiger partial charge is 0.131 e. The van der Waals surface area contributed by atoms with Gasteiger partial charge < -0.3 is 4.42 Å². The summed E-state index contributed by atoms with van der Waals surface area (Å²) in [6.45, 7) is 0. The van der Waals surface area contributed by atoms with Crippen molar-refractivity contribution >= 4 is 38.8 Å². The molecule has 0 radical (unpaired) electrons. The van der Waals surface area contributed by atoms with E-state index in [9.17, 15) is 0 Å². The second-order valence-corrected chi connectivity index (χ2v) is 4.78. The zero-order valence-corrected chi connectivity index (χ0v) is 9.24. The molecule has 1 aromatic heterocycles. The second kappa shape index (κ2) is 4.01. The van der Waals surface area contributed by atoms with Gasteiger partial charge in [-0.05, 0) is 12.1 Å². The van der Waals surface area contributed by atoms with Gasteiger partial charge in [-0.1, -0.05) is 24.0 Å². The monoisotopic (exact) mass is 234 g/mol. The average molecular weight is 234 g/mol. The highest BCUT2D eigenvalue weighted by Crippen LogP contribution is 2.34. The first kappa shape index (κ1) is 10.1. The fourth-order valence-corrected chi connectivity index (χ4v) is 2.46. The van der Waals surface area contributed by atoms with Crippen LogP contribution in [0.3, 0.4) is 0 Å². The highest BCUT2D eigenvalue weighted by atomic mass is 32.2. The summed E-state index contributed by atoms with van der Waals surface area (Å²) in [5, 5.41) is 16.8. The number of nitrogens with one attached hydrogen (secondary N) is 1. The van der Waals surface area contributed by atoms with Gasteiger partial charge in [0.05, 0.1) is 16.0 Å². The molecule has 1 aliphatic heterocycles. The third kappa shape index (κ3) is 1.87. The van der Waals surface area contributed by atoms with Gasteiger partial charge in [-0.3, -0.25) is 5.41 Å². The molecule has 0 saturated carbocycles. The second-order valence-electron chi connectivity index (χ2n) is 2.92. The number of nitriles is 1. The molecule has 2 rings (SSSR count). The molecule has 1 aliphatic rings. The number of thiocarbonyl (C=S) groups is 1. The molecule has 0 aliphatic carbocycles. The van der Waals surface area contributed by atoms with Gasteiger partial charge >= 0.3 is 0 Å². The van der Waals surface area contributed by atoms with E-state index in [1.807, 2.05) is 6.07 Å². The molecule has 1 N–H and O–H groups in total. The van der Waals surface area contributed by atoms with Gasteiger partial charge in [0.2, 0.25) is 0 Å². The normalized spacial score (nSPS) is 16.7. The molecule has 0 atom stereocenters. The van der Waals surface area contributed by atoms with Crippen LogP contribution in [0.4, 0.5) is 0 Å². The Bertz CT molecular complexity index is 494. The van der Waals surface area contributed by atoms with Crippen LogP contribution in [0.5, 0.6) is 0 Å². The molecular weight excluding hydrogens is 228 g/mol. The van der Waals surface area contributed by atoms with Gasteiger partial charge in [0.25, 0.3) is 0 Å². The first-order chi connectivity index (χ1) is 7.22. The molecule has 2 heterocycles. The highest BCUT2D eigenvalue weighted by molar-refractivity contribution is 8.33. The predicted molar refractivity (Wildman–Crippen MR) is 63.8 cm³/mol. The minimum atomic E-state index is 0.208. The maximum atomic E-state index is 8.97. The molecule has 3 nitrogen and oxygen atoms in total. The maximum Gasteiger partial charge on any atom is 0.131 e. The van der Waals surface area contributed by atoms with Crippen LogP contribution in [0, 0.1) is 16.7 Å². The summed E-state index contributed by atoms with van der Waals surface area (Å²) in [6.07, 6.45) is 2.06. The van der Waals surface area contributed by atoms with Gasteiger partial charge in [0.15, 0.2) is 0 Å². The predicted octanol–water partition coefficient (Wildman–Crippen LogP) is 3.00. The molecule has 0 amide bonds. The van der Waals surface area contributed by atoms with E-state index in [2.05, 4.69) is 0 Å². The molecule has 1 aromatic rings. The van der Waals surface area contributed by atoms with E-state index >= 15 is 0 Å². The SMILES string of the molecule is N#CC1=C(c2ccco2)CC(=S)SC1=N. The Morgan fingerprint density at radius 2 is 2.40 bits per heavy atom. The van der Waals surface area contributed by atoms with E-state index < -0.39 is 0 Å². The van der Waals surface area contributed by atoms with Crippen molar-refractivity contribution in [1.82, 2.24) is 0 Å². The standard InChI is InChI=1S/C10H6N2OS2/c11-5-7-6(8-2-1-3-13-8)4-9(14)15-10(7)12/h1-3,12H,4H2. The third-order valence-corrected chi connectivity index (χ3v) is 3.17. The van der Waals surface area contributed by atoms with Crippen molar-refractivity contribution in [1.29, 1.82) is 10.7 Å². The summed E-state index contributed by atoms with van der Waals surface area (Å²) < 4.78 is 5.93. The van der Waals surface area contributed by atoms with E-state index in [1.54, 1.807) is 18.4 Å². The summed E-state index contributed by atoms with van der Waals surface area (Å²) in [5.74, 6) is 0.624. The van der Waals surface area contributed by atoms with Crippen LogP contribution >= 0.6 is 24.0 Å². The van der Waals surface area contributed by atoms with Crippen LogP contribution < -0.4 is 0 Å². The molecule has 0 fully saturated rings. The van der Waals surface area contributed by atoms with E-state index in [4.69, 9.17) is 27.3 Å². The summed E-state index contributed by atoms with van der Waals surface area (Å²) in [7, 11) is 0. The van der Waals surface area contributed by atoms with Gasteiger partial charge in [-0.15, -0.1) is 0 Å². The number of hydrogen-bond donors (Lipinski definition) is 1. The lowest BCUT2D eigenvalue weighted by molar-refractivity contribution is 0.552. The van der Waals surface area contributed by atoms with Crippen molar-refractivity contribution in [2.75, 3.05) is 0 Å². The number of allylic oxidation sites excluding steroid dienone is 1. The first-order valence-electron chi connectivity index (χ1n) is 4.19. The van der Waals surface area contributed by atoms with Crippen molar-refractivity contribution in [2.45, 2.75) is 6.42 Å². The Labute approximate surface area is 96.3 Å². The minimum absolute atomic E-state index is 0.208. The Hall–Kier alpha value is -1.38. The summed E-state index contributed by atoms with van der Waals surface area (Å²) in [6, 6.07) is 5.56. The molecular formula is C10H6N2OS2. The van der Waals surface area contributed by atoms with Crippen LogP contribution in [-0.2, 0) is 0 Å². The highest BCUT2D eigenvalue weighted by Gasteiger charge is 2.24. The van der Waals surface area contributed by atoms with Crippen molar-refractivity contribution in [3.05, 3.63) is 29.7 Å².